The molecule has 0 saturated carbocycles. The highest BCUT2D eigenvalue weighted by Gasteiger charge is 2.07. The van der Waals surface area contributed by atoms with Crippen LogP contribution in [0.1, 0.15) is 43.6 Å². The molecule has 0 amide bonds. The van der Waals surface area contributed by atoms with Crippen molar-refractivity contribution in [2.24, 2.45) is 0 Å². The summed E-state index contributed by atoms with van der Waals surface area (Å²) in [5.74, 6) is 1.15. The Labute approximate surface area is 122 Å². The first-order valence-corrected chi connectivity index (χ1v) is 7.59. The van der Waals surface area contributed by atoms with Gasteiger partial charge in [0.1, 0.15) is 5.82 Å². The molecular formula is C17H25N3. The predicted octanol–water partition coefficient (Wildman–Crippen LogP) is 3.63. The lowest BCUT2D eigenvalue weighted by Crippen LogP contribution is -2.14. The third-order valence-electron chi connectivity index (χ3n) is 3.48. The van der Waals surface area contributed by atoms with Gasteiger partial charge in [0, 0.05) is 31.0 Å². The number of imidazole rings is 1. The van der Waals surface area contributed by atoms with Gasteiger partial charge in [-0.2, -0.15) is 0 Å². The Hall–Kier alpha value is -1.61. The van der Waals surface area contributed by atoms with Crippen molar-refractivity contribution in [3.05, 3.63) is 47.5 Å². The van der Waals surface area contributed by atoms with E-state index in [0.717, 1.165) is 31.8 Å². The van der Waals surface area contributed by atoms with E-state index >= 15 is 0 Å². The molecule has 2 rings (SSSR count). The van der Waals surface area contributed by atoms with Gasteiger partial charge < -0.3 is 9.88 Å². The van der Waals surface area contributed by atoms with Gasteiger partial charge >= 0.3 is 0 Å². The van der Waals surface area contributed by atoms with E-state index in [2.05, 4.69) is 60.0 Å². The minimum absolute atomic E-state index is 0.929. The lowest BCUT2D eigenvalue weighted by atomic mass is 10.1. The highest BCUT2D eigenvalue weighted by atomic mass is 15.1. The number of hydrogen-bond acceptors (Lipinski definition) is 2. The summed E-state index contributed by atoms with van der Waals surface area (Å²) >= 11 is 0. The van der Waals surface area contributed by atoms with Crippen LogP contribution in [0.4, 0.5) is 0 Å². The van der Waals surface area contributed by atoms with Crippen molar-refractivity contribution in [3.63, 3.8) is 0 Å². The highest BCUT2D eigenvalue weighted by Crippen LogP contribution is 2.18. The van der Waals surface area contributed by atoms with Crippen molar-refractivity contribution in [1.29, 1.82) is 0 Å². The first-order chi connectivity index (χ1) is 9.76. The second kappa shape index (κ2) is 7.25. The van der Waals surface area contributed by atoms with Crippen molar-refractivity contribution >= 4 is 0 Å². The van der Waals surface area contributed by atoms with Crippen molar-refractivity contribution in [2.75, 3.05) is 6.54 Å². The lowest BCUT2D eigenvalue weighted by molar-refractivity contribution is 0.675. The molecule has 0 unspecified atom stereocenters. The number of nitrogens with one attached hydrogen (secondary N) is 1. The van der Waals surface area contributed by atoms with Crippen LogP contribution >= 0.6 is 0 Å². The van der Waals surface area contributed by atoms with E-state index in [1.54, 1.807) is 0 Å². The fourth-order valence-electron chi connectivity index (χ4n) is 2.40. The number of aromatic nitrogens is 2. The summed E-state index contributed by atoms with van der Waals surface area (Å²) in [5.41, 5.74) is 3.87. The minimum atomic E-state index is 0.929. The molecule has 0 aliphatic rings. The van der Waals surface area contributed by atoms with E-state index in [-0.39, 0.29) is 0 Å². The summed E-state index contributed by atoms with van der Waals surface area (Å²) in [5, 5.41) is 3.46. The van der Waals surface area contributed by atoms with Gasteiger partial charge in [-0.25, -0.2) is 4.98 Å². The summed E-state index contributed by atoms with van der Waals surface area (Å²) in [6.07, 6.45) is 7.27. The SMILES string of the molecule is CCCNCc1ccc(C)c(-n2ccnc2CCC)c1. The molecule has 20 heavy (non-hydrogen) atoms. The van der Waals surface area contributed by atoms with Crippen molar-refractivity contribution in [1.82, 2.24) is 14.9 Å². The van der Waals surface area contributed by atoms with Crippen molar-refractivity contribution < 1.29 is 0 Å². The molecule has 0 bridgehead atoms. The largest absolute Gasteiger partial charge is 0.313 e. The number of aryl methyl sites for hydroxylation is 2. The topological polar surface area (TPSA) is 29.9 Å². The van der Waals surface area contributed by atoms with Gasteiger partial charge in [-0.15, -0.1) is 0 Å². The summed E-state index contributed by atoms with van der Waals surface area (Å²) in [4.78, 5) is 4.48. The van der Waals surface area contributed by atoms with Crippen molar-refractivity contribution in [3.8, 4) is 5.69 Å². The summed E-state index contributed by atoms with van der Waals surface area (Å²) in [7, 11) is 0. The van der Waals surface area contributed by atoms with Crippen LogP contribution in [-0.2, 0) is 13.0 Å². The van der Waals surface area contributed by atoms with Crippen LogP contribution in [0.2, 0.25) is 0 Å². The maximum atomic E-state index is 4.48. The van der Waals surface area contributed by atoms with Crippen LogP contribution in [0, 0.1) is 6.92 Å². The van der Waals surface area contributed by atoms with Gasteiger partial charge in [0.15, 0.2) is 0 Å². The molecule has 0 atom stereocenters. The van der Waals surface area contributed by atoms with Crippen LogP contribution < -0.4 is 5.32 Å². The third-order valence-corrected chi connectivity index (χ3v) is 3.48. The zero-order valence-corrected chi connectivity index (χ0v) is 12.8. The number of hydrogen-bond donors (Lipinski definition) is 1. The second-order valence-electron chi connectivity index (χ2n) is 5.26. The van der Waals surface area contributed by atoms with Crippen LogP contribution in [-0.4, -0.2) is 16.1 Å². The third kappa shape index (κ3) is 3.48. The van der Waals surface area contributed by atoms with E-state index in [0.29, 0.717) is 0 Å². The molecule has 0 spiro atoms. The smallest absolute Gasteiger partial charge is 0.113 e. The van der Waals surface area contributed by atoms with Gasteiger partial charge in [0.05, 0.1) is 0 Å². The minimum Gasteiger partial charge on any atom is -0.313 e. The Bertz CT molecular complexity index is 543. The molecule has 0 aliphatic carbocycles. The van der Waals surface area contributed by atoms with E-state index < -0.39 is 0 Å². The Morgan fingerprint density at radius 1 is 1.20 bits per heavy atom. The van der Waals surface area contributed by atoms with Gasteiger partial charge in [-0.3, -0.25) is 0 Å². The molecule has 1 N–H and O–H groups in total. The van der Waals surface area contributed by atoms with E-state index in [9.17, 15) is 0 Å². The fourth-order valence-corrected chi connectivity index (χ4v) is 2.40. The first-order valence-electron chi connectivity index (χ1n) is 7.59. The predicted molar refractivity (Wildman–Crippen MR) is 84.3 cm³/mol. The molecule has 3 nitrogen and oxygen atoms in total. The molecule has 108 valence electrons. The quantitative estimate of drug-likeness (QED) is 0.779. The molecule has 0 saturated heterocycles. The average Bonchev–Trinajstić information content (AvgIpc) is 2.89. The van der Waals surface area contributed by atoms with Crippen LogP contribution in [0.25, 0.3) is 5.69 Å². The standard InChI is InChI=1S/C17H25N3/c1-4-6-17-19-10-11-20(17)16-12-15(8-7-14(16)3)13-18-9-5-2/h7-8,10-12,18H,4-6,9,13H2,1-3H3. The Morgan fingerprint density at radius 2 is 2.05 bits per heavy atom. The Balaban J connectivity index is 2.25. The lowest BCUT2D eigenvalue weighted by Gasteiger charge is -2.13. The highest BCUT2D eigenvalue weighted by molar-refractivity contribution is 5.44. The number of nitrogens with zero attached hydrogens (tertiary/aromatic N) is 2. The molecule has 1 aromatic carbocycles. The van der Waals surface area contributed by atoms with Gasteiger partial charge in [-0.1, -0.05) is 26.0 Å². The normalized spacial score (nSPS) is 10.9. The molecule has 0 fully saturated rings. The molecule has 2 aromatic rings. The molecule has 1 heterocycles. The van der Waals surface area contributed by atoms with Gasteiger partial charge in [0.25, 0.3) is 0 Å². The summed E-state index contributed by atoms with van der Waals surface area (Å²) in [6.45, 7) is 8.54. The zero-order valence-electron chi connectivity index (χ0n) is 12.8. The van der Waals surface area contributed by atoms with E-state index in [4.69, 9.17) is 0 Å². The van der Waals surface area contributed by atoms with Crippen LogP contribution in [0.5, 0.6) is 0 Å². The maximum Gasteiger partial charge on any atom is 0.113 e. The molecular weight excluding hydrogens is 246 g/mol. The number of rotatable bonds is 7. The fraction of sp³-hybridized carbons (Fsp3) is 0.471. The Morgan fingerprint density at radius 3 is 2.80 bits per heavy atom. The van der Waals surface area contributed by atoms with Gasteiger partial charge in [-0.05, 0) is 43.5 Å². The number of benzene rings is 1. The average molecular weight is 271 g/mol. The Kier molecular flexibility index (Phi) is 5.36. The second-order valence-corrected chi connectivity index (χ2v) is 5.26. The maximum absolute atomic E-state index is 4.48. The van der Waals surface area contributed by atoms with E-state index in [1.165, 1.54) is 23.2 Å². The monoisotopic (exact) mass is 271 g/mol. The molecule has 0 radical (unpaired) electrons. The molecule has 1 aromatic heterocycles. The van der Waals surface area contributed by atoms with E-state index in [1.807, 2.05) is 6.20 Å². The summed E-state index contributed by atoms with van der Waals surface area (Å²) < 4.78 is 2.22. The van der Waals surface area contributed by atoms with Crippen molar-refractivity contribution in [2.45, 2.75) is 46.6 Å². The van der Waals surface area contributed by atoms with Crippen LogP contribution in [0.15, 0.2) is 30.6 Å². The van der Waals surface area contributed by atoms with Gasteiger partial charge in [0.2, 0.25) is 0 Å². The van der Waals surface area contributed by atoms with Crippen LogP contribution in [0.3, 0.4) is 0 Å². The molecule has 0 aliphatic heterocycles. The molecule has 3 heteroatoms. The first kappa shape index (κ1) is 14.8. The zero-order chi connectivity index (χ0) is 14.4. The summed E-state index contributed by atoms with van der Waals surface area (Å²) in [6, 6.07) is 6.69.